The fraction of sp³-hybridized carbons (Fsp3) is 0.550. The van der Waals surface area contributed by atoms with E-state index < -0.39 is 36.5 Å². The van der Waals surface area contributed by atoms with Crippen LogP contribution >= 0.6 is 0 Å². The number of esters is 1. The number of aliphatic hydroxyl groups is 2. The monoisotopic (exact) mass is 433 g/mol. The lowest BCUT2D eigenvalue weighted by Gasteiger charge is -2.30. The number of hydrogen-bond acceptors (Lipinski definition) is 9. The molecule has 3 N–H and O–H groups in total. The highest BCUT2D eigenvalue weighted by atomic mass is 16.6. The summed E-state index contributed by atoms with van der Waals surface area (Å²) in [7, 11) is 0. The third kappa shape index (κ3) is 4.16. The molecule has 0 unspecified atom stereocenters. The van der Waals surface area contributed by atoms with E-state index in [1.165, 1.54) is 10.8 Å². The van der Waals surface area contributed by atoms with Gasteiger partial charge in [-0.2, -0.15) is 5.10 Å². The Morgan fingerprint density at radius 3 is 2.84 bits per heavy atom. The van der Waals surface area contributed by atoms with Crippen LogP contribution in [0.1, 0.15) is 38.8 Å². The molecule has 11 heteroatoms. The molecule has 0 aliphatic carbocycles. The van der Waals surface area contributed by atoms with Gasteiger partial charge in [0.15, 0.2) is 17.5 Å². The summed E-state index contributed by atoms with van der Waals surface area (Å²) >= 11 is 0. The molecule has 2 aromatic rings. The largest absolute Gasteiger partial charge is 0.457 e. The highest BCUT2D eigenvalue weighted by Crippen LogP contribution is 2.42. The SMILES string of the molecule is C=NC[C@@]1(c2ccc3c(NC(=O)CCC)ncnn23)O[C@H](CO)[C@@H](OC(=O)CC)[C@H]1O. The van der Waals surface area contributed by atoms with E-state index in [1.807, 2.05) is 6.92 Å². The lowest BCUT2D eigenvalue weighted by Crippen LogP contribution is -2.45. The van der Waals surface area contributed by atoms with Crippen molar-refractivity contribution in [2.75, 3.05) is 18.5 Å². The van der Waals surface area contributed by atoms with Crippen molar-refractivity contribution in [3.8, 4) is 0 Å². The van der Waals surface area contributed by atoms with Gasteiger partial charge in [-0.25, -0.2) is 9.50 Å². The normalized spacial score (nSPS) is 25.5. The maximum absolute atomic E-state index is 12.0. The summed E-state index contributed by atoms with van der Waals surface area (Å²) in [4.78, 5) is 32.0. The van der Waals surface area contributed by atoms with Gasteiger partial charge in [0.05, 0.1) is 18.8 Å². The molecule has 2 aromatic heterocycles. The molecule has 0 saturated carbocycles. The minimum absolute atomic E-state index is 0.0848. The van der Waals surface area contributed by atoms with Gasteiger partial charge in [0, 0.05) is 12.8 Å². The van der Waals surface area contributed by atoms with Gasteiger partial charge < -0.3 is 25.0 Å². The number of anilines is 1. The van der Waals surface area contributed by atoms with Crippen molar-refractivity contribution in [3.63, 3.8) is 0 Å². The summed E-state index contributed by atoms with van der Waals surface area (Å²) in [6.45, 7) is 6.48. The zero-order valence-corrected chi connectivity index (χ0v) is 17.5. The second kappa shape index (κ2) is 9.50. The Morgan fingerprint density at radius 2 is 2.19 bits per heavy atom. The van der Waals surface area contributed by atoms with Gasteiger partial charge >= 0.3 is 5.97 Å². The Balaban J connectivity index is 2.06. The van der Waals surface area contributed by atoms with Crippen LogP contribution in [0.3, 0.4) is 0 Å². The highest BCUT2D eigenvalue weighted by Gasteiger charge is 2.58. The summed E-state index contributed by atoms with van der Waals surface area (Å²) in [5.74, 6) is -0.407. The van der Waals surface area contributed by atoms with Crippen molar-refractivity contribution in [1.29, 1.82) is 0 Å². The zero-order chi connectivity index (χ0) is 22.6. The Kier molecular flexibility index (Phi) is 6.98. The van der Waals surface area contributed by atoms with E-state index in [4.69, 9.17) is 9.47 Å². The molecular formula is C20H27N5O6. The van der Waals surface area contributed by atoms with E-state index in [0.717, 1.165) is 0 Å². The van der Waals surface area contributed by atoms with E-state index >= 15 is 0 Å². The van der Waals surface area contributed by atoms with Gasteiger partial charge in [-0.15, -0.1) is 0 Å². The van der Waals surface area contributed by atoms with Crippen LogP contribution in [0.25, 0.3) is 5.52 Å². The van der Waals surface area contributed by atoms with Crippen LogP contribution in [0.4, 0.5) is 5.82 Å². The number of ether oxygens (including phenoxy) is 2. The van der Waals surface area contributed by atoms with E-state index in [2.05, 4.69) is 27.1 Å². The summed E-state index contributed by atoms with van der Waals surface area (Å²) in [6, 6.07) is 3.34. The van der Waals surface area contributed by atoms with Crippen molar-refractivity contribution < 1.29 is 29.3 Å². The fourth-order valence-corrected chi connectivity index (χ4v) is 3.75. The molecule has 1 aliphatic rings. The number of aliphatic imine (C=N–C) groups is 1. The second-order valence-corrected chi connectivity index (χ2v) is 7.29. The standard InChI is InChI=1S/C20H27N5O6/c1-4-6-15(27)24-19-12-7-8-14(25(12)23-11-22-19)20(10-21-3)18(29)17(13(9-26)31-20)30-16(28)5-2/h7-8,11,13,17-18,26,29H,3-6,9-10H2,1-2H3,(H,22,23,24,27)/t13-,17-,18-,20+/m1/s1. The molecule has 0 radical (unpaired) electrons. The van der Waals surface area contributed by atoms with Crippen LogP contribution in [0, 0.1) is 0 Å². The number of amides is 1. The highest BCUT2D eigenvalue weighted by molar-refractivity contribution is 5.93. The number of carbonyl (C=O) groups excluding carboxylic acids is 2. The molecule has 1 aliphatic heterocycles. The number of hydrogen-bond donors (Lipinski definition) is 3. The average molecular weight is 433 g/mol. The van der Waals surface area contributed by atoms with Crippen LogP contribution in [0.2, 0.25) is 0 Å². The lowest BCUT2D eigenvalue weighted by molar-refractivity contribution is -0.156. The van der Waals surface area contributed by atoms with Gasteiger partial charge in [-0.3, -0.25) is 14.6 Å². The lowest BCUT2D eigenvalue weighted by atomic mass is 9.91. The second-order valence-electron chi connectivity index (χ2n) is 7.29. The minimum atomic E-state index is -1.49. The number of nitrogens with zero attached hydrogens (tertiary/aromatic N) is 4. The van der Waals surface area contributed by atoms with Gasteiger partial charge in [0.2, 0.25) is 5.91 Å². The van der Waals surface area contributed by atoms with Crippen LogP contribution in [-0.2, 0) is 24.7 Å². The number of nitrogens with one attached hydrogen (secondary N) is 1. The molecule has 3 rings (SSSR count). The van der Waals surface area contributed by atoms with Crippen LogP contribution < -0.4 is 5.32 Å². The molecule has 0 aromatic carbocycles. The first kappa shape index (κ1) is 22.8. The number of aliphatic hydroxyl groups excluding tert-OH is 2. The number of carbonyl (C=O) groups is 2. The molecule has 168 valence electrons. The van der Waals surface area contributed by atoms with E-state index in [-0.39, 0.29) is 18.9 Å². The molecule has 11 nitrogen and oxygen atoms in total. The molecule has 1 saturated heterocycles. The molecule has 0 bridgehead atoms. The maximum Gasteiger partial charge on any atom is 0.305 e. The van der Waals surface area contributed by atoms with Gasteiger partial charge in [0.25, 0.3) is 0 Å². The van der Waals surface area contributed by atoms with E-state index in [1.54, 1.807) is 19.1 Å². The summed E-state index contributed by atoms with van der Waals surface area (Å²) < 4.78 is 12.9. The topological polar surface area (TPSA) is 148 Å². The Bertz CT molecular complexity index is 963. The van der Waals surface area contributed by atoms with Crippen LogP contribution in [0.15, 0.2) is 23.5 Å². The van der Waals surface area contributed by atoms with Gasteiger partial charge in [-0.1, -0.05) is 13.8 Å². The fourth-order valence-electron chi connectivity index (χ4n) is 3.75. The van der Waals surface area contributed by atoms with Crippen LogP contribution in [-0.4, -0.2) is 74.9 Å². The first-order chi connectivity index (χ1) is 14.9. The first-order valence-corrected chi connectivity index (χ1v) is 10.1. The Labute approximate surface area is 179 Å². The average Bonchev–Trinajstić information content (AvgIpc) is 3.30. The number of aromatic nitrogens is 3. The molecule has 4 atom stereocenters. The maximum atomic E-state index is 12.0. The van der Waals surface area contributed by atoms with Gasteiger partial charge in [0.1, 0.15) is 24.1 Å². The molecule has 0 spiro atoms. The predicted octanol–water partition coefficient (Wildman–Crippen LogP) is 0.438. The summed E-state index contributed by atoms with van der Waals surface area (Å²) in [5.41, 5.74) is -0.612. The molecule has 1 fully saturated rings. The molecule has 1 amide bonds. The molecule has 31 heavy (non-hydrogen) atoms. The summed E-state index contributed by atoms with van der Waals surface area (Å²) in [6.07, 6.45) is -1.01. The quantitative estimate of drug-likeness (QED) is 0.381. The zero-order valence-electron chi connectivity index (χ0n) is 17.5. The smallest absolute Gasteiger partial charge is 0.305 e. The van der Waals surface area contributed by atoms with Crippen molar-refractivity contribution in [2.24, 2.45) is 4.99 Å². The third-order valence-electron chi connectivity index (χ3n) is 5.22. The summed E-state index contributed by atoms with van der Waals surface area (Å²) in [5, 5.41) is 27.9. The van der Waals surface area contributed by atoms with Gasteiger partial charge in [-0.05, 0) is 25.3 Å². The number of rotatable bonds is 9. The van der Waals surface area contributed by atoms with Crippen LogP contribution in [0.5, 0.6) is 0 Å². The third-order valence-corrected chi connectivity index (χ3v) is 5.22. The van der Waals surface area contributed by atoms with Crippen molar-refractivity contribution >= 4 is 29.9 Å². The first-order valence-electron chi connectivity index (χ1n) is 10.1. The minimum Gasteiger partial charge on any atom is -0.457 e. The van der Waals surface area contributed by atoms with Crippen molar-refractivity contribution in [2.45, 2.75) is 57.0 Å². The van der Waals surface area contributed by atoms with E-state index in [9.17, 15) is 19.8 Å². The van der Waals surface area contributed by atoms with Crippen molar-refractivity contribution in [3.05, 3.63) is 24.2 Å². The van der Waals surface area contributed by atoms with Crippen molar-refractivity contribution in [1.82, 2.24) is 14.6 Å². The number of fused-ring (bicyclic) bond motifs is 1. The Hall–Kier alpha value is -2.89. The Morgan fingerprint density at radius 1 is 1.42 bits per heavy atom. The van der Waals surface area contributed by atoms with E-state index in [0.29, 0.717) is 29.9 Å². The predicted molar refractivity (Wildman–Crippen MR) is 111 cm³/mol. The molecular weight excluding hydrogens is 406 g/mol. The molecule has 3 heterocycles.